The van der Waals surface area contributed by atoms with E-state index in [1.807, 2.05) is 12.1 Å². The van der Waals surface area contributed by atoms with Crippen molar-refractivity contribution in [3.8, 4) is 22.6 Å². The lowest BCUT2D eigenvalue weighted by Gasteiger charge is -2.21. The first-order chi connectivity index (χ1) is 26.0. The summed E-state index contributed by atoms with van der Waals surface area (Å²) < 4.78 is 48.9. The summed E-state index contributed by atoms with van der Waals surface area (Å²) in [7, 11) is 0. The van der Waals surface area contributed by atoms with E-state index in [4.69, 9.17) is 23.7 Å². The minimum Gasteiger partial charge on any atom is -0.493 e. The molecule has 1 heterocycles. The van der Waals surface area contributed by atoms with E-state index in [0.717, 1.165) is 24.0 Å². The molecule has 1 aliphatic rings. The zero-order valence-corrected chi connectivity index (χ0v) is 32.3. The summed E-state index contributed by atoms with van der Waals surface area (Å²) in [6.45, 7) is 13.3. The standard InChI is InChI=1S/C43H57FO10/c1-6-7-8-9-10-11-12-13-20-50-36-18-19-37(38(44)27-36)35-25-33(16-14-21-51-42(47)30(2)3)41(34(26-35)17-15-22-52-43(48)31(4)5)53-29-49-28-32-23-39(45)54-40(46)24-32/h18-19,25-27,32H,2,4,6-17,20-24,28-29H2,1,3,5H3. The van der Waals surface area contributed by atoms with Crippen LogP contribution in [0.3, 0.4) is 0 Å². The third kappa shape index (κ3) is 15.8. The number of benzene rings is 2. The predicted octanol–water partition coefficient (Wildman–Crippen LogP) is 8.95. The van der Waals surface area contributed by atoms with Crippen molar-refractivity contribution < 1.29 is 52.0 Å². The molecule has 0 aromatic heterocycles. The number of unbranched alkanes of at least 4 members (excludes halogenated alkanes) is 7. The lowest BCUT2D eigenvalue weighted by atomic mass is 9.94. The van der Waals surface area contributed by atoms with E-state index in [1.165, 1.54) is 44.6 Å². The van der Waals surface area contributed by atoms with Crippen LogP contribution in [0.15, 0.2) is 54.6 Å². The van der Waals surface area contributed by atoms with E-state index in [2.05, 4.69) is 24.8 Å². The maximum atomic E-state index is 15.8. The van der Waals surface area contributed by atoms with Crippen molar-refractivity contribution in [2.45, 2.75) is 111 Å². The lowest BCUT2D eigenvalue weighted by Crippen LogP contribution is -2.28. The number of carbonyl (C=O) groups excluding carboxylic acids is 4. The second-order valence-electron chi connectivity index (χ2n) is 13.9. The van der Waals surface area contributed by atoms with E-state index in [1.54, 1.807) is 26.0 Å². The number of aryl methyl sites for hydroxylation is 2. The van der Waals surface area contributed by atoms with Gasteiger partial charge in [-0.3, -0.25) is 9.59 Å². The van der Waals surface area contributed by atoms with E-state index in [-0.39, 0.29) is 45.4 Å². The summed E-state index contributed by atoms with van der Waals surface area (Å²) in [5, 5.41) is 0. The van der Waals surface area contributed by atoms with Gasteiger partial charge >= 0.3 is 23.9 Å². The van der Waals surface area contributed by atoms with Gasteiger partial charge in [0.25, 0.3) is 0 Å². The van der Waals surface area contributed by atoms with Gasteiger partial charge < -0.3 is 28.4 Å². The van der Waals surface area contributed by atoms with Crippen LogP contribution in [0.1, 0.15) is 109 Å². The molecule has 11 heteroatoms. The summed E-state index contributed by atoms with van der Waals surface area (Å²) in [4.78, 5) is 47.4. The van der Waals surface area contributed by atoms with Crippen molar-refractivity contribution >= 4 is 23.9 Å². The number of halogens is 1. The average Bonchev–Trinajstić information content (AvgIpc) is 3.12. The minimum atomic E-state index is -0.587. The molecule has 0 spiro atoms. The van der Waals surface area contributed by atoms with Crippen LogP contribution in [-0.2, 0) is 51.0 Å². The van der Waals surface area contributed by atoms with Crippen molar-refractivity contribution in [3.05, 3.63) is 71.6 Å². The second kappa shape index (κ2) is 24.0. The van der Waals surface area contributed by atoms with Gasteiger partial charge in [-0.25, -0.2) is 14.0 Å². The van der Waals surface area contributed by atoms with Gasteiger partial charge in [-0.1, -0.05) is 65.0 Å². The Hall–Kier alpha value is -4.51. The fourth-order valence-electron chi connectivity index (χ4n) is 6.00. The monoisotopic (exact) mass is 752 g/mol. The maximum absolute atomic E-state index is 15.8. The summed E-state index contributed by atoms with van der Waals surface area (Å²) in [5.41, 5.74) is 3.01. The Bertz CT molecular complexity index is 1510. The molecule has 0 amide bonds. The molecule has 0 N–H and O–H groups in total. The van der Waals surface area contributed by atoms with Gasteiger partial charge in [-0.15, -0.1) is 0 Å². The van der Waals surface area contributed by atoms with Crippen molar-refractivity contribution in [2.24, 2.45) is 5.92 Å². The van der Waals surface area contributed by atoms with Crippen LogP contribution < -0.4 is 9.47 Å². The van der Waals surface area contributed by atoms with E-state index >= 15 is 4.39 Å². The number of esters is 4. The molecule has 0 bridgehead atoms. The number of rotatable bonds is 26. The molecule has 1 fully saturated rings. The SMILES string of the molecule is C=C(C)C(=O)OCCCc1cc(-c2ccc(OCCCCCCCCCC)cc2F)cc(CCCOC(=O)C(=C)C)c1OCOCC1CC(=O)OC(=O)C1. The fraction of sp³-hybridized carbons (Fsp3) is 0.535. The number of ether oxygens (including phenoxy) is 6. The minimum absolute atomic E-state index is 0.0668. The Morgan fingerprint density at radius 3 is 1.85 bits per heavy atom. The summed E-state index contributed by atoms with van der Waals surface area (Å²) >= 11 is 0. The number of hydrogen-bond donors (Lipinski definition) is 0. The topological polar surface area (TPSA) is 124 Å². The summed E-state index contributed by atoms with van der Waals surface area (Å²) in [5.74, 6) is -1.96. The van der Waals surface area contributed by atoms with Crippen LogP contribution in [-0.4, -0.2) is 57.1 Å². The van der Waals surface area contributed by atoms with Gasteiger partial charge in [0, 0.05) is 28.7 Å². The Morgan fingerprint density at radius 1 is 0.759 bits per heavy atom. The molecular formula is C43H57FO10. The highest BCUT2D eigenvalue weighted by Gasteiger charge is 2.27. The van der Waals surface area contributed by atoms with E-state index < -0.39 is 29.7 Å². The quantitative estimate of drug-likeness (QED) is 0.0230. The van der Waals surface area contributed by atoms with Gasteiger partial charge in [0.15, 0.2) is 6.79 Å². The zero-order valence-electron chi connectivity index (χ0n) is 32.3. The molecule has 2 aromatic carbocycles. The molecular weight excluding hydrogens is 695 g/mol. The predicted molar refractivity (Wildman–Crippen MR) is 203 cm³/mol. The maximum Gasteiger partial charge on any atom is 0.333 e. The molecule has 0 unspecified atom stereocenters. The number of hydrogen-bond acceptors (Lipinski definition) is 10. The highest BCUT2D eigenvalue weighted by Crippen LogP contribution is 2.35. The van der Waals surface area contributed by atoms with Gasteiger partial charge in [-0.05, 0) is 86.9 Å². The fourth-order valence-corrected chi connectivity index (χ4v) is 6.00. The molecule has 0 atom stereocenters. The molecule has 3 rings (SSSR count). The first-order valence-electron chi connectivity index (χ1n) is 19.2. The molecule has 0 radical (unpaired) electrons. The normalized spacial score (nSPS) is 13.0. The van der Waals surface area contributed by atoms with Crippen molar-refractivity contribution in [3.63, 3.8) is 0 Å². The van der Waals surface area contributed by atoms with Crippen molar-refractivity contribution in [1.29, 1.82) is 0 Å². The lowest BCUT2D eigenvalue weighted by molar-refractivity contribution is -0.167. The average molecular weight is 753 g/mol. The summed E-state index contributed by atoms with van der Waals surface area (Å²) in [6.07, 6.45) is 11.3. The molecule has 296 valence electrons. The van der Waals surface area contributed by atoms with Gasteiger partial charge in [0.2, 0.25) is 0 Å². The Kier molecular flexibility index (Phi) is 19.5. The largest absolute Gasteiger partial charge is 0.493 e. The molecule has 2 aromatic rings. The Morgan fingerprint density at radius 2 is 1.31 bits per heavy atom. The van der Waals surface area contributed by atoms with Crippen LogP contribution in [0.2, 0.25) is 0 Å². The Balaban J connectivity index is 1.80. The van der Waals surface area contributed by atoms with Crippen LogP contribution in [0.5, 0.6) is 11.5 Å². The Labute approximate surface area is 319 Å². The molecule has 0 saturated carbocycles. The summed E-state index contributed by atoms with van der Waals surface area (Å²) in [6, 6.07) is 8.55. The first-order valence-corrected chi connectivity index (χ1v) is 19.2. The highest BCUT2D eigenvalue weighted by molar-refractivity contribution is 5.88. The number of carbonyl (C=O) groups is 4. The zero-order chi connectivity index (χ0) is 39.3. The van der Waals surface area contributed by atoms with Crippen LogP contribution in [0.25, 0.3) is 11.1 Å². The van der Waals surface area contributed by atoms with Crippen molar-refractivity contribution in [2.75, 3.05) is 33.2 Å². The van der Waals surface area contributed by atoms with E-state index in [9.17, 15) is 19.2 Å². The second-order valence-corrected chi connectivity index (χ2v) is 13.9. The highest BCUT2D eigenvalue weighted by atomic mass is 19.1. The van der Waals surface area contributed by atoms with E-state index in [0.29, 0.717) is 66.1 Å². The molecule has 1 saturated heterocycles. The molecule has 10 nitrogen and oxygen atoms in total. The van der Waals surface area contributed by atoms with Gasteiger partial charge in [0.05, 0.1) is 39.3 Å². The molecule has 54 heavy (non-hydrogen) atoms. The van der Waals surface area contributed by atoms with Gasteiger partial charge in [0.1, 0.15) is 17.3 Å². The first kappa shape index (κ1) is 43.9. The van der Waals surface area contributed by atoms with Crippen LogP contribution >= 0.6 is 0 Å². The van der Waals surface area contributed by atoms with Crippen LogP contribution in [0.4, 0.5) is 4.39 Å². The molecule has 1 aliphatic heterocycles. The number of cyclic esters (lactones) is 2. The van der Waals surface area contributed by atoms with Crippen molar-refractivity contribution in [1.82, 2.24) is 0 Å². The van der Waals surface area contributed by atoms with Crippen LogP contribution in [0, 0.1) is 11.7 Å². The third-order valence-electron chi connectivity index (χ3n) is 8.88. The third-order valence-corrected chi connectivity index (χ3v) is 8.88. The van der Waals surface area contributed by atoms with Gasteiger partial charge in [-0.2, -0.15) is 0 Å². The molecule has 0 aliphatic carbocycles. The smallest absolute Gasteiger partial charge is 0.333 e.